The maximum Gasteiger partial charge on any atom is 0.311 e. The fourth-order valence-electron chi connectivity index (χ4n) is 1.37. The van der Waals surface area contributed by atoms with Gasteiger partial charge in [-0.3, -0.25) is 10.1 Å². The Morgan fingerprint density at radius 2 is 2.24 bits per heavy atom. The van der Waals surface area contributed by atoms with E-state index in [-0.39, 0.29) is 17.3 Å². The lowest BCUT2D eigenvalue weighted by atomic mass is 10.1. The summed E-state index contributed by atoms with van der Waals surface area (Å²) in [4.78, 5) is 10.3. The number of hydrogen-bond acceptors (Lipinski definition) is 6. The number of methoxy groups -OCH3 is 1. The van der Waals surface area contributed by atoms with Gasteiger partial charge in [-0.1, -0.05) is 6.07 Å². The first kappa shape index (κ1) is 11.8. The Hall–Kier alpha value is -1.71. The molecular formula is C9H6IN3O4. The molecule has 0 fully saturated rings. The molecule has 0 unspecified atom stereocenters. The average molecular weight is 347 g/mol. The van der Waals surface area contributed by atoms with Gasteiger partial charge in [0, 0.05) is 28.7 Å². The summed E-state index contributed by atoms with van der Waals surface area (Å²) in [5, 5.41) is 18.3. The second-order valence-electron chi connectivity index (χ2n) is 2.98. The van der Waals surface area contributed by atoms with Gasteiger partial charge in [-0.25, -0.2) is 0 Å². The fraction of sp³-hybridized carbons (Fsp3) is 0.111. The third kappa shape index (κ3) is 2.20. The third-order valence-electron chi connectivity index (χ3n) is 2.03. The molecular weight excluding hydrogens is 341 g/mol. The standard InChI is InChI=1S/C9H6IN3O4/c1-16-7-5(8-11-12-9(10)17-8)3-2-4-6(7)13(14)15/h2-4H,1H3. The van der Waals surface area contributed by atoms with Gasteiger partial charge in [-0.05, 0) is 6.07 Å². The number of aromatic nitrogens is 2. The predicted octanol–water partition coefficient (Wildman–Crippen LogP) is 2.26. The maximum atomic E-state index is 10.8. The van der Waals surface area contributed by atoms with Crippen molar-refractivity contribution >= 4 is 28.3 Å². The highest BCUT2D eigenvalue weighted by atomic mass is 127. The molecule has 0 spiro atoms. The number of nitrogens with zero attached hydrogens (tertiary/aromatic N) is 3. The normalized spacial score (nSPS) is 10.2. The molecule has 0 saturated heterocycles. The number of ether oxygens (including phenoxy) is 1. The molecule has 0 atom stereocenters. The molecule has 2 aromatic rings. The van der Waals surface area contributed by atoms with Crippen LogP contribution in [-0.4, -0.2) is 22.2 Å². The summed E-state index contributed by atoms with van der Waals surface area (Å²) < 4.78 is 10.6. The Balaban J connectivity index is 2.61. The maximum absolute atomic E-state index is 10.8. The Bertz CT molecular complexity index is 569. The molecule has 1 aromatic heterocycles. The lowest BCUT2D eigenvalue weighted by molar-refractivity contribution is -0.385. The van der Waals surface area contributed by atoms with E-state index in [2.05, 4.69) is 10.2 Å². The van der Waals surface area contributed by atoms with Crippen LogP contribution in [0.25, 0.3) is 11.5 Å². The molecule has 0 aliphatic carbocycles. The van der Waals surface area contributed by atoms with E-state index < -0.39 is 4.92 Å². The number of rotatable bonds is 3. The molecule has 0 aliphatic rings. The molecule has 2 rings (SSSR count). The second kappa shape index (κ2) is 4.65. The SMILES string of the molecule is COc1c(-c2nnc(I)o2)cccc1[N+](=O)[O-]. The van der Waals surface area contributed by atoms with E-state index in [9.17, 15) is 10.1 Å². The van der Waals surface area contributed by atoms with E-state index in [1.807, 2.05) is 22.6 Å². The van der Waals surface area contributed by atoms with E-state index in [1.54, 1.807) is 6.07 Å². The van der Waals surface area contributed by atoms with Gasteiger partial charge in [-0.2, -0.15) is 0 Å². The Morgan fingerprint density at radius 1 is 1.47 bits per heavy atom. The van der Waals surface area contributed by atoms with Gasteiger partial charge in [0.15, 0.2) is 0 Å². The molecule has 0 aliphatic heterocycles. The highest BCUT2D eigenvalue weighted by molar-refractivity contribution is 14.1. The van der Waals surface area contributed by atoms with Crippen molar-refractivity contribution in [1.29, 1.82) is 0 Å². The van der Waals surface area contributed by atoms with Crippen molar-refractivity contribution in [3.05, 3.63) is 32.2 Å². The van der Waals surface area contributed by atoms with E-state index in [4.69, 9.17) is 9.15 Å². The van der Waals surface area contributed by atoms with Crippen LogP contribution in [-0.2, 0) is 0 Å². The minimum absolute atomic E-state index is 0.109. The van der Waals surface area contributed by atoms with E-state index in [1.165, 1.54) is 19.2 Å². The van der Waals surface area contributed by atoms with Gasteiger partial charge in [0.05, 0.1) is 17.6 Å². The summed E-state index contributed by atoms with van der Waals surface area (Å²) in [5.74, 6) is 0.299. The van der Waals surface area contributed by atoms with Crippen molar-refractivity contribution in [2.75, 3.05) is 7.11 Å². The van der Waals surface area contributed by atoms with Crippen molar-refractivity contribution < 1.29 is 14.1 Å². The lowest BCUT2D eigenvalue weighted by Crippen LogP contribution is -1.95. The summed E-state index contributed by atoms with van der Waals surface area (Å²) in [7, 11) is 1.35. The molecule has 88 valence electrons. The monoisotopic (exact) mass is 347 g/mol. The van der Waals surface area contributed by atoms with Crippen molar-refractivity contribution in [2.24, 2.45) is 0 Å². The number of benzene rings is 1. The van der Waals surface area contributed by atoms with Crippen LogP contribution in [0, 0.1) is 14.0 Å². The van der Waals surface area contributed by atoms with Crippen molar-refractivity contribution in [1.82, 2.24) is 10.2 Å². The topological polar surface area (TPSA) is 91.3 Å². The Labute approximate surface area is 109 Å². The van der Waals surface area contributed by atoms with Gasteiger partial charge in [-0.15, -0.1) is 10.2 Å². The fourth-order valence-corrected chi connectivity index (χ4v) is 1.68. The van der Waals surface area contributed by atoms with Crippen LogP contribution >= 0.6 is 22.6 Å². The number of hydrogen-bond donors (Lipinski definition) is 0. The molecule has 7 nitrogen and oxygen atoms in total. The average Bonchev–Trinajstić information content (AvgIpc) is 2.74. The Morgan fingerprint density at radius 3 is 2.76 bits per heavy atom. The van der Waals surface area contributed by atoms with Crippen LogP contribution in [0.2, 0.25) is 0 Å². The van der Waals surface area contributed by atoms with Gasteiger partial charge in [0.25, 0.3) is 9.79 Å². The molecule has 1 heterocycles. The number of nitro groups is 1. The molecule has 1 aromatic carbocycles. The molecule has 0 bridgehead atoms. The number of nitro benzene ring substituents is 1. The predicted molar refractivity (Wildman–Crippen MR) is 65.7 cm³/mol. The van der Waals surface area contributed by atoms with Crippen molar-refractivity contribution in [3.63, 3.8) is 0 Å². The van der Waals surface area contributed by atoms with Crippen LogP contribution in [0.15, 0.2) is 22.6 Å². The van der Waals surface area contributed by atoms with Crippen LogP contribution in [0.1, 0.15) is 0 Å². The first-order valence-electron chi connectivity index (χ1n) is 4.44. The minimum Gasteiger partial charge on any atom is -0.490 e. The molecule has 0 saturated carbocycles. The third-order valence-corrected chi connectivity index (χ3v) is 2.46. The van der Waals surface area contributed by atoms with Crippen LogP contribution in [0.3, 0.4) is 0 Å². The number of para-hydroxylation sites is 1. The zero-order valence-electron chi connectivity index (χ0n) is 8.58. The van der Waals surface area contributed by atoms with Gasteiger partial charge < -0.3 is 9.15 Å². The smallest absolute Gasteiger partial charge is 0.311 e. The van der Waals surface area contributed by atoms with Gasteiger partial charge in [0.1, 0.15) is 0 Å². The lowest BCUT2D eigenvalue weighted by Gasteiger charge is -2.04. The summed E-state index contributed by atoms with van der Waals surface area (Å²) in [6, 6.07) is 4.51. The zero-order valence-corrected chi connectivity index (χ0v) is 10.7. The molecule has 17 heavy (non-hydrogen) atoms. The largest absolute Gasteiger partial charge is 0.490 e. The summed E-state index contributed by atoms with van der Waals surface area (Å²) in [6.07, 6.45) is 0. The summed E-state index contributed by atoms with van der Waals surface area (Å²) >= 11 is 1.86. The molecule has 0 N–H and O–H groups in total. The Kier molecular flexibility index (Phi) is 3.22. The number of halogens is 1. The van der Waals surface area contributed by atoms with E-state index in [0.717, 1.165) is 0 Å². The molecule has 8 heteroatoms. The highest BCUT2D eigenvalue weighted by Crippen LogP contribution is 2.36. The molecule has 0 amide bonds. The van der Waals surface area contributed by atoms with Crippen molar-refractivity contribution in [2.45, 2.75) is 0 Å². The van der Waals surface area contributed by atoms with Gasteiger partial charge >= 0.3 is 5.69 Å². The first-order chi connectivity index (χ1) is 8.13. The highest BCUT2D eigenvalue weighted by Gasteiger charge is 2.22. The molecule has 0 radical (unpaired) electrons. The second-order valence-corrected chi connectivity index (χ2v) is 3.90. The van der Waals surface area contributed by atoms with Crippen LogP contribution < -0.4 is 4.74 Å². The quantitative estimate of drug-likeness (QED) is 0.481. The summed E-state index contributed by atoms with van der Waals surface area (Å²) in [5.41, 5.74) is 0.260. The van der Waals surface area contributed by atoms with Crippen molar-refractivity contribution in [3.8, 4) is 17.2 Å². The summed E-state index contributed by atoms with van der Waals surface area (Å²) in [6.45, 7) is 0. The minimum atomic E-state index is -0.524. The van der Waals surface area contributed by atoms with E-state index >= 15 is 0 Å². The van der Waals surface area contributed by atoms with Crippen LogP contribution in [0.4, 0.5) is 5.69 Å². The van der Waals surface area contributed by atoms with Gasteiger partial charge in [0.2, 0.25) is 5.75 Å². The zero-order chi connectivity index (χ0) is 12.4. The van der Waals surface area contributed by atoms with Crippen LogP contribution in [0.5, 0.6) is 5.75 Å². The first-order valence-corrected chi connectivity index (χ1v) is 5.52. The van der Waals surface area contributed by atoms with E-state index in [0.29, 0.717) is 9.46 Å².